The topological polar surface area (TPSA) is 110 Å². The molecule has 0 radical (unpaired) electrons. The molecule has 2 aliphatic heterocycles. The van der Waals surface area contributed by atoms with Crippen molar-refractivity contribution in [3.05, 3.63) is 68.7 Å². The first kappa shape index (κ1) is 24.8. The van der Waals surface area contributed by atoms with E-state index < -0.39 is 34.4 Å². The summed E-state index contributed by atoms with van der Waals surface area (Å²) in [6.07, 6.45) is 1.06. The summed E-state index contributed by atoms with van der Waals surface area (Å²) in [7, 11) is 0. The third kappa shape index (κ3) is 5.06. The molecule has 35 heavy (non-hydrogen) atoms. The van der Waals surface area contributed by atoms with Crippen molar-refractivity contribution in [3.8, 4) is 0 Å². The van der Waals surface area contributed by atoms with Crippen LogP contribution in [-0.4, -0.2) is 52.8 Å². The van der Waals surface area contributed by atoms with Gasteiger partial charge in [-0.1, -0.05) is 37.6 Å². The van der Waals surface area contributed by atoms with Gasteiger partial charge in [-0.3, -0.25) is 24.5 Å². The zero-order chi connectivity index (χ0) is 25.3. The van der Waals surface area contributed by atoms with Gasteiger partial charge in [0.1, 0.15) is 11.1 Å². The van der Waals surface area contributed by atoms with Crippen LogP contribution >= 0.6 is 11.6 Å². The number of hydrogen-bond donors (Lipinski definition) is 0. The molecule has 184 valence electrons. The molecule has 2 unspecified atom stereocenters. The summed E-state index contributed by atoms with van der Waals surface area (Å²) in [5, 5.41) is 11.2. The van der Waals surface area contributed by atoms with E-state index >= 15 is 0 Å². The van der Waals surface area contributed by atoms with Gasteiger partial charge in [0.05, 0.1) is 23.1 Å². The molecule has 2 aromatic carbocycles. The number of nitrogens with zero attached hydrogens (tertiary/aromatic N) is 3. The average molecular weight is 500 g/mol. The van der Waals surface area contributed by atoms with Crippen molar-refractivity contribution in [3.63, 3.8) is 0 Å². The Morgan fingerprint density at radius 3 is 2.54 bits per heavy atom. The van der Waals surface area contributed by atoms with Crippen LogP contribution in [0.1, 0.15) is 54.9 Å². The van der Waals surface area contributed by atoms with Gasteiger partial charge in [0, 0.05) is 24.8 Å². The minimum absolute atomic E-state index is 0.0130. The van der Waals surface area contributed by atoms with Gasteiger partial charge in [-0.25, -0.2) is 4.90 Å². The molecule has 3 amide bonds. The highest BCUT2D eigenvalue weighted by molar-refractivity contribution is 6.32. The summed E-state index contributed by atoms with van der Waals surface area (Å²) in [6.45, 7) is 4.74. The summed E-state index contributed by atoms with van der Waals surface area (Å²) in [4.78, 5) is 53.0. The second kappa shape index (κ2) is 10.1. The molecule has 0 aliphatic carbocycles. The van der Waals surface area contributed by atoms with E-state index in [0.29, 0.717) is 24.6 Å². The fourth-order valence-corrected chi connectivity index (χ4v) is 4.64. The van der Waals surface area contributed by atoms with Crippen LogP contribution in [0.3, 0.4) is 0 Å². The molecule has 0 aromatic heterocycles. The van der Waals surface area contributed by atoms with Gasteiger partial charge in [-0.2, -0.15) is 0 Å². The van der Waals surface area contributed by atoms with Gasteiger partial charge < -0.3 is 9.64 Å². The Kier molecular flexibility index (Phi) is 7.18. The Hall–Kier alpha value is -3.30. The molecular formula is C25H26ClN3O6. The lowest BCUT2D eigenvalue weighted by Crippen LogP contribution is -2.48. The number of nitro benzene ring substituents is 1. The van der Waals surface area contributed by atoms with Crippen LogP contribution in [0.4, 0.5) is 11.4 Å². The monoisotopic (exact) mass is 499 g/mol. The van der Waals surface area contributed by atoms with E-state index in [0.717, 1.165) is 23.0 Å². The minimum Gasteiger partial charge on any atom is -0.376 e. The number of amides is 3. The molecular weight excluding hydrogens is 474 g/mol. The lowest BCUT2D eigenvalue weighted by Gasteiger charge is -2.30. The Balaban J connectivity index is 1.65. The Morgan fingerprint density at radius 2 is 1.94 bits per heavy atom. The van der Waals surface area contributed by atoms with Gasteiger partial charge in [-0.05, 0) is 48.6 Å². The number of carbonyl (C=O) groups excluding carboxylic acids is 3. The Bertz CT molecular complexity index is 1160. The van der Waals surface area contributed by atoms with E-state index in [1.807, 2.05) is 26.0 Å². The van der Waals surface area contributed by atoms with Gasteiger partial charge in [-0.15, -0.1) is 0 Å². The minimum atomic E-state index is -1.04. The third-order valence-corrected chi connectivity index (χ3v) is 6.71. The van der Waals surface area contributed by atoms with Crippen molar-refractivity contribution in [1.82, 2.24) is 4.90 Å². The maximum atomic E-state index is 13.5. The molecule has 0 spiro atoms. The van der Waals surface area contributed by atoms with Crippen molar-refractivity contribution in [1.29, 1.82) is 0 Å². The van der Waals surface area contributed by atoms with Crippen molar-refractivity contribution in [2.24, 2.45) is 0 Å². The van der Waals surface area contributed by atoms with Crippen molar-refractivity contribution in [2.75, 3.05) is 18.1 Å². The Labute approximate surface area is 207 Å². The van der Waals surface area contributed by atoms with Crippen LogP contribution in [0, 0.1) is 10.1 Å². The van der Waals surface area contributed by atoms with Crippen LogP contribution < -0.4 is 4.90 Å². The second-order valence-electron chi connectivity index (χ2n) is 9.05. The highest BCUT2D eigenvalue weighted by atomic mass is 35.5. The largest absolute Gasteiger partial charge is 0.376 e. The van der Waals surface area contributed by atoms with Gasteiger partial charge in [0.25, 0.3) is 17.5 Å². The molecule has 2 heterocycles. The molecule has 2 aromatic rings. The number of nitro groups is 1. The Morgan fingerprint density at radius 1 is 1.23 bits per heavy atom. The second-order valence-corrected chi connectivity index (χ2v) is 9.46. The molecule has 9 nitrogen and oxygen atoms in total. The van der Waals surface area contributed by atoms with Gasteiger partial charge >= 0.3 is 0 Å². The standard InChI is InChI=1S/C25H26ClN3O6/c1-15(2)16-5-8-18(9-6-16)28-23(30)13-22(25(28)32)27(14-19-4-3-11-35-19)24(31)17-7-10-20(26)21(12-17)29(33)34/h5-10,12,15,19,22H,3-4,11,13-14H2,1-2H3. The molecule has 2 saturated heterocycles. The quantitative estimate of drug-likeness (QED) is 0.318. The van der Waals surface area contributed by atoms with Crippen LogP contribution in [-0.2, 0) is 14.3 Å². The number of ether oxygens (including phenoxy) is 1. The van der Waals surface area contributed by atoms with Crippen LogP contribution in [0.2, 0.25) is 5.02 Å². The highest BCUT2D eigenvalue weighted by Crippen LogP contribution is 2.31. The zero-order valence-electron chi connectivity index (χ0n) is 19.5. The molecule has 2 aliphatic rings. The predicted octanol–water partition coefficient (Wildman–Crippen LogP) is 4.32. The summed E-state index contributed by atoms with van der Waals surface area (Å²) in [6, 6.07) is 9.90. The van der Waals surface area contributed by atoms with Gasteiger partial charge in [0.15, 0.2) is 0 Å². The molecule has 10 heteroatoms. The highest BCUT2D eigenvalue weighted by Gasteiger charge is 2.45. The van der Waals surface area contributed by atoms with Crippen molar-refractivity contribution < 1.29 is 24.0 Å². The number of anilines is 1. The number of halogens is 1. The molecule has 4 rings (SSSR count). The molecule has 0 saturated carbocycles. The van der Waals surface area contributed by atoms with E-state index in [1.54, 1.807) is 12.1 Å². The van der Waals surface area contributed by atoms with Gasteiger partial charge in [0.2, 0.25) is 5.91 Å². The number of rotatable bonds is 7. The smallest absolute Gasteiger partial charge is 0.288 e. The normalized spacial score (nSPS) is 20.1. The summed E-state index contributed by atoms with van der Waals surface area (Å²) < 4.78 is 5.69. The van der Waals surface area contributed by atoms with E-state index in [9.17, 15) is 24.5 Å². The summed E-state index contributed by atoms with van der Waals surface area (Å²) >= 11 is 5.91. The number of carbonyl (C=O) groups is 3. The van der Waals surface area contributed by atoms with Crippen LogP contribution in [0.15, 0.2) is 42.5 Å². The molecule has 0 bridgehead atoms. The van der Waals surface area contributed by atoms with Crippen molar-refractivity contribution >= 4 is 40.7 Å². The molecule has 2 atom stereocenters. The van der Waals surface area contributed by atoms with E-state index in [-0.39, 0.29) is 29.7 Å². The summed E-state index contributed by atoms with van der Waals surface area (Å²) in [5.41, 5.74) is 1.12. The first-order valence-corrected chi connectivity index (χ1v) is 11.9. The fourth-order valence-electron chi connectivity index (χ4n) is 4.45. The average Bonchev–Trinajstić information content (AvgIpc) is 3.44. The predicted molar refractivity (Wildman–Crippen MR) is 130 cm³/mol. The van der Waals surface area contributed by atoms with E-state index in [2.05, 4.69) is 0 Å². The SMILES string of the molecule is CC(C)c1ccc(N2C(=O)CC(N(CC3CCCO3)C(=O)c3ccc(Cl)c([N+](=O)[O-])c3)C2=O)cc1. The third-order valence-electron chi connectivity index (χ3n) is 6.39. The lowest BCUT2D eigenvalue weighted by atomic mass is 10.0. The molecule has 2 fully saturated rings. The maximum absolute atomic E-state index is 13.5. The van der Waals surface area contributed by atoms with E-state index in [1.165, 1.54) is 17.0 Å². The fraction of sp³-hybridized carbons (Fsp3) is 0.400. The van der Waals surface area contributed by atoms with Crippen LogP contribution in [0.25, 0.3) is 0 Å². The lowest BCUT2D eigenvalue weighted by molar-refractivity contribution is -0.384. The first-order chi connectivity index (χ1) is 16.7. The number of hydrogen-bond acceptors (Lipinski definition) is 6. The summed E-state index contributed by atoms with van der Waals surface area (Å²) in [5.74, 6) is -1.22. The first-order valence-electron chi connectivity index (χ1n) is 11.5. The number of benzene rings is 2. The zero-order valence-corrected chi connectivity index (χ0v) is 20.2. The number of imide groups is 1. The molecule has 0 N–H and O–H groups in total. The van der Waals surface area contributed by atoms with Crippen LogP contribution in [0.5, 0.6) is 0 Å². The van der Waals surface area contributed by atoms with Crippen molar-refractivity contribution in [2.45, 2.75) is 51.2 Å². The maximum Gasteiger partial charge on any atom is 0.288 e. The van der Waals surface area contributed by atoms with E-state index in [4.69, 9.17) is 16.3 Å².